The van der Waals surface area contributed by atoms with Gasteiger partial charge in [-0.1, -0.05) is 122 Å². The molecule has 2 saturated carbocycles. The lowest BCUT2D eigenvalue weighted by Crippen LogP contribution is -2.61. The molecule has 1 spiro atoms. The van der Waals surface area contributed by atoms with E-state index in [1.165, 1.54) is 109 Å². The highest BCUT2D eigenvalue weighted by Crippen LogP contribution is 2.70. The zero-order chi connectivity index (χ0) is 35.0. The van der Waals surface area contributed by atoms with Gasteiger partial charge >= 0.3 is 0 Å². The summed E-state index contributed by atoms with van der Waals surface area (Å²) in [5.41, 5.74) is 13.9. The van der Waals surface area contributed by atoms with E-state index in [2.05, 4.69) is 90.3 Å². The maximum atomic E-state index is 3.23. The first-order chi connectivity index (χ1) is 23.7. The van der Waals surface area contributed by atoms with Crippen LogP contribution in [0.2, 0.25) is 5.82 Å². The van der Waals surface area contributed by atoms with Crippen LogP contribution in [0.15, 0.2) is 57.5 Å². The van der Waals surface area contributed by atoms with E-state index >= 15 is 0 Å². The Hall–Kier alpha value is -1.64. The largest absolute Gasteiger partial charge is 0.364 e. The Balaban J connectivity index is 1.27. The predicted octanol–water partition coefficient (Wildman–Crippen LogP) is 12.8. The van der Waals surface area contributed by atoms with Crippen LogP contribution < -0.4 is 0 Å². The Kier molecular flexibility index (Phi) is 7.98. The molecule has 50 heavy (non-hydrogen) atoms. The summed E-state index contributed by atoms with van der Waals surface area (Å²) in [6.45, 7) is 23.6. The zero-order valence-corrected chi connectivity index (χ0v) is 33.8. The lowest BCUT2D eigenvalue weighted by molar-refractivity contribution is -0.00283. The highest BCUT2D eigenvalue weighted by Gasteiger charge is 2.68. The average molecular weight is 675 g/mol. The monoisotopic (exact) mass is 675 g/mol. The van der Waals surface area contributed by atoms with Crippen molar-refractivity contribution in [2.45, 2.75) is 189 Å². The second kappa shape index (κ2) is 11.7. The number of hydrogen-bond acceptors (Lipinski definition) is 2. The number of hydrogen-bond donors (Lipinski definition) is 0. The molecule has 0 radical (unpaired) electrons. The lowest BCUT2D eigenvalue weighted by Gasteiger charge is -2.60. The van der Waals surface area contributed by atoms with Crippen molar-refractivity contribution >= 4 is 6.71 Å². The molecule has 6 atom stereocenters. The third kappa shape index (κ3) is 4.91. The summed E-state index contributed by atoms with van der Waals surface area (Å²) in [7, 11) is 0. The van der Waals surface area contributed by atoms with E-state index in [9.17, 15) is 0 Å². The molecular formula is C47H71BN2. The first-order valence-corrected chi connectivity index (χ1v) is 21.9. The summed E-state index contributed by atoms with van der Waals surface area (Å²) in [4.78, 5) is 6.20. The molecule has 1 saturated heterocycles. The number of rotatable bonds is 2. The molecule has 2 nitrogen and oxygen atoms in total. The fourth-order valence-electron chi connectivity index (χ4n) is 14.5. The van der Waals surface area contributed by atoms with Crippen molar-refractivity contribution in [3.8, 4) is 0 Å². The second-order valence-corrected chi connectivity index (χ2v) is 22.0. The van der Waals surface area contributed by atoms with E-state index in [0.717, 1.165) is 29.6 Å². The van der Waals surface area contributed by atoms with Gasteiger partial charge in [-0.15, -0.1) is 0 Å². The van der Waals surface area contributed by atoms with Crippen molar-refractivity contribution in [1.29, 1.82) is 0 Å². The van der Waals surface area contributed by atoms with Gasteiger partial charge in [-0.3, -0.25) is 0 Å². The Morgan fingerprint density at radius 1 is 0.820 bits per heavy atom. The van der Waals surface area contributed by atoms with Crippen LogP contribution in [0, 0.1) is 45.8 Å². The van der Waals surface area contributed by atoms with Gasteiger partial charge in [0.2, 0.25) is 6.71 Å². The average Bonchev–Trinajstić information content (AvgIpc) is 3.67. The van der Waals surface area contributed by atoms with Gasteiger partial charge in [0.25, 0.3) is 0 Å². The molecule has 0 N–H and O–H groups in total. The molecule has 272 valence electrons. The van der Waals surface area contributed by atoms with Gasteiger partial charge in [0.15, 0.2) is 0 Å². The SMILES string of the molecule is CC1CC2=C3B(C4=C5C(CC(C6CCCC6)C4)C4(CCCCC4)C(C)(C)N5C3C1)C1CC(C(C)(C)C)CC=C1N2C1=CC=C(C(C)(C)C)CC1. The molecule has 3 aliphatic heterocycles. The first-order valence-electron chi connectivity index (χ1n) is 21.9. The third-order valence-corrected chi connectivity index (χ3v) is 17.2. The lowest BCUT2D eigenvalue weighted by atomic mass is 9.25. The van der Waals surface area contributed by atoms with E-state index in [0.29, 0.717) is 29.4 Å². The molecule has 6 aliphatic carbocycles. The number of fused-ring (bicyclic) bond motifs is 5. The van der Waals surface area contributed by atoms with Crippen LogP contribution in [0.25, 0.3) is 0 Å². The van der Waals surface area contributed by atoms with Crippen LogP contribution >= 0.6 is 0 Å². The zero-order valence-electron chi connectivity index (χ0n) is 33.8. The molecular weight excluding hydrogens is 603 g/mol. The van der Waals surface area contributed by atoms with Gasteiger partial charge in [0.05, 0.1) is 0 Å². The Bertz CT molecular complexity index is 1560. The molecule has 6 unspecified atom stereocenters. The van der Waals surface area contributed by atoms with E-state index in [1.54, 1.807) is 22.7 Å². The molecule has 9 rings (SSSR count). The van der Waals surface area contributed by atoms with Crippen molar-refractivity contribution in [2.24, 2.45) is 45.8 Å². The maximum absolute atomic E-state index is 3.23. The number of allylic oxidation sites excluding steroid dienone is 9. The van der Waals surface area contributed by atoms with Crippen LogP contribution in [0.1, 0.15) is 171 Å². The minimum absolute atomic E-state index is 0.226. The van der Waals surface area contributed by atoms with E-state index in [1.807, 2.05) is 16.6 Å². The standard InChI is InChI=1S/C47H71BN2/c1-30-25-40-42-41(26-30)50-43-36(47(46(50,8)9)23-13-10-14-24-47)27-32(31-15-11-12-16-31)28-38(43)48(42)37-29-34(45(5,6)7)19-22-39(37)49(40)35-20-17-33(18-21-35)44(2,3)4/h17,20,22,30-32,34,36-37,41H,10-16,18-19,21,23-29H2,1-9H3. The minimum Gasteiger partial charge on any atom is -0.364 e. The molecule has 0 aromatic heterocycles. The Morgan fingerprint density at radius 2 is 1.56 bits per heavy atom. The fraction of sp³-hybridized carbons (Fsp3) is 0.787. The normalized spacial score (nSPS) is 36.7. The highest BCUT2D eigenvalue weighted by molar-refractivity contribution is 6.77. The van der Waals surface area contributed by atoms with Gasteiger partial charge in [0, 0.05) is 45.7 Å². The van der Waals surface area contributed by atoms with Gasteiger partial charge in [0.1, 0.15) is 0 Å². The highest BCUT2D eigenvalue weighted by atomic mass is 15.3. The molecule has 3 fully saturated rings. The van der Waals surface area contributed by atoms with Crippen molar-refractivity contribution < 1.29 is 0 Å². The van der Waals surface area contributed by atoms with Gasteiger partial charge in [-0.25, -0.2) is 0 Å². The summed E-state index contributed by atoms with van der Waals surface area (Å²) in [6, 6.07) is 0.586. The molecule has 0 bridgehead atoms. The third-order valence-electron chi connectivity index (χ3n) is 17.2. The summed E-state index contributed by atoms with van der Waals surface area (Å²) in [5.74, 6) is 4.79. The molecule has 3 heterocycles. The smallest absolute Gasteiger partial charge is 0.215 e. The molecule has 0 aromatic carbocycles. The summed E-state index contributed by atoms with van der Waals surface area (Å²) < 4.78 is 0. The Labute approximate surface area is 307 Å². The predicted molar refractivity (Wildman–Crippen MR) is 212 cm³/mol. The quantitative estimate of drug-likeness (QED) is 0.269. The van der Waals surface area contributed by atoms with Crippen LogP contribution in [-0.4, -0.2) is 28.1 Å². The molecule has 0 amide bonds. The Morgan fingerprint density at radius 3 is 2.22 bits per heavy atom. The van der Waals surface area contributed by atoms with Crippen molar-refractivity contribution in [2.75, 3.05) is 0 Å². The van der Waals surface area contributed by atoms with Crippen molar-refractivity contribution in [3.05, 3.63) is 57.5 Å². The van der Waals surface area contributed by atoms with Crippen molar-refractivity contribution in [3.63, 3.8) is 0 Å². The van der Waals surface area contributed by atoms with Crippen LogP contribution in [0.3, 0.4) is 0 Å². The minimum atomic E-state index is 0.226. The van der Waals surface area contributed by atoms with E-state index < -0.39 is 0 Å². The topological polar surface area (TPSA) is 6.48 Å². The first kappa shape index (κ1) is 34.2. The van der Waals surface area contributed by atoms with E-state index in [-0.39, 0.29) is 11.0 Å². The van der Waals surface area contributed by atoms with Gasteiger partial charge < -0.3 is 9.80 Å². The van der Waals surface area contributed by atoms with Crippen molar-refractivity contribution in [1.82, 2.24) is 9.80 Å². The van der Waals surface area contributed by atoms with Gasteiger partial charge in [-0.2, -0.15) is 0 Å². The summed E-state index contributed by atoms with van der Waals surface area (Å²) in [5, 5.41) is 0. The number of nitrogens with zero attached hydrogens (tertiary/aromatic N) is 2. The van der Waals surface area contributed by atoms with E-state index in [4.69, 9.17) is 0 Å². The second-order valence-electron chi connectivity index (χ2n) is 22.0. The van der Waals surface area contributed by atoms with Crippen LogP contribution in [0.4, 0.5) is 0 Å². The summed E-state index contributed by atoms with van der Waals surface area (Å²) in [6.07, 6.45) is 31.8. The van der Waals surface area contributed by atoms with Gasteiger partial charge in [-0.05, 0) is 124 Å². The maximum Gasteiger partial charge on any atom is 0.215 e. The van der Waals surface area contributed by atoms with Crippen LogP contribution in [-0.2, 0) is 0 Å². The summed E-state index contributed by atoms with van der Waals surface area (Å²) >= 11 is 0. The molecule has 3 heteroatoms. The molecule has 0 aromatic rings. The fourth-order valence-corrected chi connectivity index (χ4v) is 14.5. The van der Waals surface area contributed by atoms with Crippen LogP contribution in [0.5, 0.6) is 0 Å². The molecule has 9 aliphatic rings.